The minimum Gasteiger partial charge on any atom is -0.493 e. The maximum atomic E-state index is 12.1. The van der Waals surface area contributed by atoms with E-state index in [1.807, 2.05) is 13.8 Å². The fourth-order valence-corrected chi connectivity index (χ4v) is 2.02. The van der Waals surface area contributed by atoms with Gasteiger partial charge in [0.15, 0.2) is 11.5 Å². The molecule has 0 aliphatic carbocycles. The molecular weight excluding hydrogens is 284 g/mol. The molecule has 0 fully saturated rings. The quantitative estimate of drug-likeness (QED) is 0.830. The van der Waals surface area contributed by atoms with Crippen LogP contribution in [0.25, 0.3) is 0 Å². The molecule has 0 saturated carbocycles. The molecule has 2 amide bonds. The topological polar surface area (TPSA) is 67.9 Å². The molecular formula is C16H24N2O4. The van der Waals surface area contributed by atoms with Crippen molar-refractivity contribution in [2.75, 3.05) is 34.4 Å². The number of benzene rings is 1. The van der Waals surface area contributed by atoms with Crippen LogP contribution in [0.1, 0.15) is 24.2 Å². The van der Waals surface area contributed by atoms with Gasteiger partial charge in [0, 0.05) is 19.2 Å². The smallest absolute Gasteiger partial charge is 0.251 e. The summed E-state index contributed by atoms with van der Waals surface area (Å²) in [6.07, 6.45) is 0. The van der Waals surface area contributed by atoms with Crippen molar-refractivity contribution >= 4 is 11.8 Å². The van der Waals surface area contributed by atoms with E-state index < -0.39 is 0 Å². The van der Waals surface area contributed by atoms with Gasteiger partial charge >= 0.3 is 0 Å². The summed E-state index contributed by atoms with van der Waals surface area (Å²) < 4.78 is 10.3. The molecule has 0 radical (unpaired) electrons. The molecule has 0 spiro atoms. The van der Waals surface area contributed by atoms with Crippen molar-refractivity contribution in [1.82, 2.24) is 10.2 Å². The van der Waals surface area contributed by atoms with Crippen LogP contribution < -0.4 is 14.8 Å². The van der Waals surface area contributed by atoms with E-state index in [2.05, 4.69) is 5.32 Å². The summed E-state index contributed by atoms with van der Waals surface area (Å²) in [5.41, 5.74) is 0.414. The van der Waals surface area contributed by atoms with Crippen LogP contribution in [0.15, 0.2) is 18.2 Å². The predicted molar refractivity (Wildman–Crippen MR) is 84.4 cm³/mol. The number of hydrogen-bond donors (Lipinski definition) is 1. The van der Waals surface area contributed by atoms with Crippen LogP contribution in [-0.2, 0) is 4.79 Å². The van der Waals surface area contributed by atoms with Gasteiger partial charge in [-0.1, -0.05) is 13.8 Å². The Balaban J connectivity index is 2.64. The number of rotatable bonds is 7. The van der Waals surface area contributed by atoms with Gasteiger partial charge in [-0.05, 0) is 24.1 Å². The maximum absolute atomic E-state index is 12.1. The molecule has 0 aliphatic heterocycles. The molecule has 1 rings (SSSR count). The molecule has 0 unspecified atom stereocenters. The zero-order chi connectivity index (χ0) is 16.7. The molecule has 122 valence electrons. The summed E-state index contributed by atoms with van der Waals surface area (Å²) in [5.74, 6) is 0.954. The number of nitrogens with zero attached hydrogens (tertiary/aromatic N) is 1. The second-order valence-electron chi connectivity index (χ2n) is 5.42. The van der Waals surface area contributed by atoms with Crippen molar-refractivity contribution < 1.29 is 19.1 Å². The first-order valence-corrected chi connectivity index (χ1v) is 7.13. The third-order valence-corrected chi connectivity index (χ3v) is 3.11. The highest BCUT2D eigenvalue weighted by atomic mass is 16.5. The van der Waals surface area contributed by atoms with Gasteiger partial charge in [0.1, 0.15) is 0 Å². The van der Waals surface area contributed by atoms with E-state index >= 15 is 0 Å². The van der Waals surface area contributed by atoms with Crippen molar-refractivity contribution in [2.45, 2.75) is 13.8 Å². The van der Waals surface area contributed by atoms with Crippen molar-refractivity contribution in [1.29, 1.82) is 0 Å². The highest BCUT2D eigenvalue weighted by Gasteiger charge is 2.14. The summed E-state index contributed by atoms with van der Waals surface area (Å²) >= 11 is 0. The zero-order valence-electron chi connectivity index (χ0n) is 13.8. The maximum Gasteiger partial charge on any atom is 0.251 e. The summed E-state index contributed by atoms with van der Waals surface area (Å²) in [6.45, 7) is 4.69. The minimum atomic E-state index is -0.327. The Hall–Kier alpha value is -2.24. The van der Waals surface area contributed by atoms with Gasteiger partial charge in [-0.2, -0.15) is 0 Å². The summed E-state index contributed by atoms with van der Waals surface area (Å²) in [6, 6.07) is 4.86. The minimum absolute atomic E-state index is 0.0314. The molecule has 0 aromatic heterocycles. The van der Waals surface area contributed by atoms with Gasteiger partial charge in [-0.15, -0.1) is 0 Å². The Morgan fingerprint density at radius 1 is 1.18 bits per heavy atom. The molecule has 22 heavy (non-hydrogen) atoms. The van der Waals surface area contributed by atoms with Gasteiger partial charge in [-0.25, -0.2) is 0 Å². The number of carbonyl (C=O) groups excluding carboxylic acids is 2. The SMILES string of the molecule is COc1ccc(C(=O)NCC(=O)N(C)CC(C)C)cc1OC. The van der Waals surface area contributed by atoms with Crippen LogP contribution >= 0.6 is 0 Å². The lowest BCUT2D eigenvalue weighted by molar-refractivity contribution is -0.129. The standard InChI is InChI=1S/C16H24N2O4/c1-11(2)10-18(3)15(19)9-17-16(20)12-6-7-13(21-4)14(8-12)22-5/h6-8,11H,9-10H2,1-5H3,(H,17,20). The normalized spacial score (nSPS) is 10.3. The Labute approximate surface area is 131 Å². The average molecular weight is 308 g/mol. The Kier molecular flexibility index (Phi) is 6.69. The van der Waals surface area contributed by atoms with Crippen LogP contribution in [0, 0.1) is 5.92 Å². The highest BCUT2D eigenvalue weighted by Crippen LogP contribution is 2.27. The van der Waals surface area contributed by atoms with Crippen LogP contribution in [0.5, 0.6) is 11.5 Å². The number of amides is 2. The number of likely N-dealkylation sites (N-methyl/N-ethyl adjacent to an activating group) is 1. The lowest BCUT2D eigenvalue weighted by atomic mass is 10.2. The number of hydrogen-bond acceptors (Lipinski definition) is 4. The van der Waals surface area contributed by atoms with Crippen LogP contribution in [-0.4, -0.2) is 51.1 Å². The summed E-state index contributed by atoms with van der Waals surface area (Å²) in [4.78, 5) is 25.6. The van der Waals surface area contributed by atoms with Gasteiger partial charge < -0.3 is 19.7 Å². The van der Waals surface area contributed by atoms with E-state index in [1.54, 1.807) is 30.1 Å². The average Bonchev–Trinajstić information content (AvgIpc) is 2.50. The monoisotopic (exact) mass is 308 g/mol. The van der Waals surface area contributed by atoms with Crippen molar-refractivity contribution in [3.8, 4) is 11.5 Å². The number of carbonyl (C=O) groups is 2. The molecule has 0 aliphatic rings. The fourth-order valence-electron chi connectivity index (χ4n) is 2.02. The van der Waals surface area contributed by atoms with E-state index in [-0.39, 0.29) is 18.4 Å². The molecule has 6 heteroatoms. The van der Waals surface area contributed by atoms with Gasteiger partial charge in [0.2, 0.25) is 5.91 Å². The van der Waals surface area contributed by atoms with E-state index in [9.17, 15) is 9.59 Å². The van der Waals surface area contributed by atoms with Crippen molar-refractivity contribution in [2.24, 2.45) is 5.92 Å². The first-order chi connectivity index (χ1) is 10.4. The second kappa shape index (κ2) is 8.26. The molecule has 0 heterocycles. The molecule has 0 bridgehead atoms. The highest BCUT2D eigenvalue weighted by molar-refractivity contribution is 5.97. The lowest BCUT2D eigenvalue weighted by Gasteiger charge is -2.19. The first-order valence-electron chi connectivity index (χ1n) is 7.13. The van der Waals surface area contributed by atoms with Crippen molar-refractivity contribution in [3.63, 3.8) is 0 Å². The van der Waals surface area contributed by atoms with Gasteiger partial charge in [-0.3, -0.25) is 9.59 Å². The lowest BCUT2D eigenvalue weighted by Crippen LogP contribution is -2.39. The van der Waals surface area contributed by atoms with Gasteiger partial charge in [0.25, 0.3) is 5.91 Å². The number of nitrogens with one attached hydrogen (secondary N) is 1. The molecule has 1 N–H and O–H groups in total. The first kappa shape index (κ1) is 17.8. The van der Waals surface area contributed by atoms with E-state index in [4.69, 9.17) is 9.47 Å². The second-order valence-corrected chi connectivity index (χ2v) is 5.42. The van der Waals surface area contributed by atoms with Crippen LogP contribution in [0.3, 0.4) is 0 Å². The van der Waals surface area contributed by atoms with Crippen LogP contribution in [0.4, 0.5) is 0 Å². The number of methoxy groups -OCH3 is 2. The number of ether oxygens (including phenoxy) is 2. The van der Waals surface area contributed by atoms with E-state index in [0.29, 0.717) is 29.5 Å². The zero-order valence-corrected chi connectivity index (χ0v) is 13.8. The fraction of sp³-hybridized carbons (Fsp3) is 0.500. The summed E-state index contributed by atoms with van der Waals surface area (Å²) in [7, 11) is 4.76. The Bertz CT molecular complexity index is 529. The Morgan fingerprint density at radius 2 is 1.82 bits per heavy atom. The van der Waals surface area contributed by atoms with E-state index in [0.717, 1.165) is 0 Å². The van der Waals surface area contributed by atoms with E-state index in [1.165, 1.54) is 14.2 Å². The Morgan fingerprint density at radius 3 is 2.36 bits per heavy atom. The third kappa shape index (κ3) is 4.95. The van der Waals surface area contributed by atoms with Crippen molar-refractivity contribution in [3.05, 3.63) is 23.8 Å². The summed E-state index contributed by atoms with van der Waals surface area (Å²) in [5, 5.41) is 2.62. The molecule has 1 aromatic carbocycles. The molecule has 0 atom stereocenters. The largest absolute Gasteiger partial charge is 0.493 e. The molecule has 6 nitrogen and oxygen atoms in total. The third-order valence-electron chi connectivity index (χ3n) is 3.11. The molecule has 1 aromatic rings. The predicted octanol–water partition coefficient (Wildman–Crippen LogP) is 1.55. The van der Waals surface area contributed by atoms with Gasteiger partial charge in [0.05, 0.1) is 20.8 Å². The molecule has 0 saturated heterocycles. The van der Waals surface area contributed by atoms with Crippen LogP contribution in [0.2, 0.25) is 0 Å².